The van der Waals surface area contributed by atoms with Gasteiger partial charge in [0.05, 0.1) is 6.42 Å². The molecule has 0 fully saturated rings. The van der Waals surface area contributed by atoms with E-state index in [0.717, 1.165) is 25.2 Å². The van der Waals surface area contributed by atoms with Gasteiger partial charge in [0.15, 0.2) is 0 Å². The summed E-state index contributed by atoms with van der Waals surface area (Å²) in [4.78, 5) is 16.2. The van der Waals surface area contributed by atoms with Gasteiger partial charge >= 0.3 is 0 Å². The predicted molar refractivity (Wildman–Crippen MR) is 71.0 cm³/mol. The fraction of sp³-hybridized carbons (Fsp3) is 0.769. The highest BCUT2D eigenvalue weighted by Gasteiger charge is 2.16. The van der Waals surface area contributed by atoms with Crippen LogP contribution in [-0.4, -0.2) is 27.1 Å². The van der Waals surface area contributed by atoms with Gasteiger partial charge in [-0.25, -0.2) is 9.67 Å². The van der Waals surface area contributed by atoms with Gasteiger partial charge in [0.25, 0.3) is 0 Å². The van der Waals surface area contributed by atoms with Gasteiger partial charge in [0.1, 0.15) is 17.9 Å². The Morgan fingerprint density at radius 3 is 2.78 bits per heavy atom. The number of hydrogen-bond donors (Lipinski definition) is 1. The molecule has 0 saturated heterocycles. The standard InChI is InChI=1S/C13H24N4O/c1-10(2)8-17-13(15-9-16-17)7-12(18)11(3)5-4-6-14/h9-11H,4-8,14H2,1-3H3. The topological polar surface area (TPSA) is 73.8 Å². The van der Waals surface area contributed by atoms with E-state index in [4.69, 9.17) is 5.73 Å². The van der Waals surface area contributed by atoms with Crippen LogP contribution < -0.4 is 5.73 Å². The number of aromatic nitrogens is 3. The number of Topliss-reactive ketones (excluding diaryl/α,β-unsaturated/α-hetero) is 1. The van der Waals surface area contributed by atoms with E-state index in [1.807, 2.05) is 11.6 Å². The molecule has 0 amide bonds. The molecule has 0 aliphatic heterocycles. The van der Waals surface area contributed by atoms with Gasteiger partial charge < -0.3 is 5.73 Å². The molecular formula is C13H24N4O. The molecule has 5 heteroatoms. The van der Waals surface area contributed by atoms with Crippen LogP contribution in [0.5, 0.6) is 0 Å². The van der Waals surface area contributed by atoms with Crippen LogP contribution in [-0.2, 0) is 17.8 Å². The molecule has 18 heavy (non-hydrogen) atoms. The lowest BCUT2D eigenvalue weighted by Crippen LogP contribution is -2.19. The summed E-state index contributed by atoms with van der Waals surface area (Å²) in [7, 11) is 0. The molecule has 0 spiro atoms. The summed E-state index contributed by atoms with van der Waals surface area (Å²) < 4.78 is 1.83. The van der Waals surface area contributed by atoms with E-state index in [2.05, 4.69) is 23.9 Å². The van der Waals surface area contributed by atoms with Crippen LogP contribution in [0, 0.1) is 11.8 Å². The Kier molecular flexibility index (Phi) is 5.98. The molecule has 2 N–H and O–H groups in total. The Balaban J connectivity index is 2.56. The van der Waals surface area contributed by atoms with Crippen LogP contribution in [0.1, 0.15) is 39.4 Å². The third-order valence-corrected chi connectivity index (χ3v) is 2.96. The maximum absolute atomic E-state index is 12.0. The Morgan fingerprint density at radius 2 is 2.17 bits per heavy atom. The fourth-order valence-corrected chi connectivity index (χ4v) is 1.84. The van der Waals surface area contributed by atoms with Crippen LogP contribution >= 0.6 is 0 Å². The van der Waals surface area contributed by atoms with Crippen molar-refractivity contribution < 1.29 is 4.79 Å². The second-order valence-electron chi connectivity index (χ2n) is 5.23. The zero-order valence-electron chi connectivity index (χ0n) is 11.6. The van der Waals surface area contributed by atoms with Gasteiger partial charge in [0.2, 0.25) is 0 Å². The third kappa shape index (κ3) is 4.56. The van der Waals surface area contributed by atoms with Crippen molar-refractivity contribution in [3.05, 3.63) is 12.2 Å². The highest BCUT2D eigenvalue weighted by atomic mass is 16.1. The number of nitrogens with zero attached hydrogens (tertiary/aromatic N) is 3. The molecule has 1 aromatic heterocycles. The van der Waals surface area contributed by atoms with E-state index in [0.29, 0.717) is 18.9 Å². The van der Waals surface area contributed by atoms with E-state index in [1.54, 1.807) is 0 Å². The minimum Gasteiger partial charge on any atom is -0.330 e. The number of carbonyl (C=O) groups excluding carboxylic acids is 1. The van der Waals surface area contributed by atoms with E-state index in [9.17, 15) is 4.79 Å². The van der Waals surface area contributed by atoms with Gasteiger partial charge in [-0.15, -0.1) is 0 Å². The minimum absolute atomic E-state index is 0.0535. The molecule has 1 atom stereocenters. The van der Waals surface area contributed by atoms with Gasteiger partial charge in [-0.1, -0.05) is 20.8 Å². The zero-order chi connectivity index (χ0) is 13.5. The van der Waals surface area contributed by atoms with Crippen molar-refractivity contribution in [1.29, 1.82) is 0 Å². The van der Waals surface area contributed by atoms with Crippen molar-refractivity contribution in [3.63, 3.8) is 0 Å². The van der Waals surface area contributed by atoms with Crippen LogP contribution in [0.25, 0.3) is 0 Å². The highest BCUT2D eigenvalue weighted by Crippen LogP contribution is 2.10. The summed E-state index contributed by atoms with van der Waals surface area (Å²) in [5, 5.41) is 4.16. The van der Waals surface area contributed by atoms with Gasteiger partial charge in [-0.2, -0.15) is 5.10 Å². The summed E-state index contributed by atoms with van der Waals surface area (Å²) in [5.41, 5.74) is 5.45. The molecule has 1 unspecified atom stereocenters. The van der Waals surface area contributed by atoms with Crippen molar-refractivity contribution in [3.8, 4) is 0 Å². The second-order valence-corrected chi connectivity index (χ2v) is 5.23. The Morgan fingerprint density at radius 1 is 1.44 bits per heavy atom. The summed E-state index contributed by atoms with van der Waals surface area (Å²) in [6, 6.07) is 0. The molecule has 5 nitrogen and oxygen atoms in total. The first-order valence-corrected chi connectivity index (χ1v) is 6.64. The van der Waals surface area contributed by atoms with Gasteiger partial charge in [-0.3, -0.25) is 4.79 Å². The van der Waals surface area contributed by atoms with Crippen LogP contribution in [0.3, 0.4) is 0 Å². The molecule has 0 aromatic carbocycles. The number of hydrogen-bond acceptors (Lipinski definition) is 4. The molecule has 0 aliphatic rings. The van der Waals surface area contributed by atoms with Crippen molar-refractivity contribution >= 4 is 5.78 Å². The summed E-state index contributed by atoms with van der Waals surface area (Å²) in [6.07, 6.45) is 3.65. The smallest absolute Gasteiger partial charge is 0.143 e. The fourth-order valence-electron chi connectivity index (χ4n) is 1.84. The van der Waals surface area contributed by atoms with Crippen LogP contribution in [0.4, 0.5) is 0 Å². The lowest BCUT2D eigenvalue weighted by Gasteiger charge is -2.11. The molecule has 0 radical (unpaired) electrons. The maximum atomic E-state index is 12.0. The van der Waals surface area contributed by atoms with E-state index in [-0.39, 0.29) is 11.7 Å². The lowest BCUT2D eigenvalue weighted by atomic mass is 9.98. The average Bonchev–Trinajstić information content (AvgIpc) is 2.72. The molecule has 0 aliphatic carbocycles. The summed E-state index contributed by atoms with van der Waals surface area (Å²) in [5.74, 6) is 1.54. The normalized spacial score (nSPS) is 12.9. The van der Waals surface area contributed by atoms with Crippen molar-refractivity contribution in [2.24, 2.45) is 17.6 Å². The first-order valence-electron chi connectivity index (χ1n) is 6.64. The largest absolute Gasteiger partial charge is 0.330 e. The molecule has 0 bridgehead atoms. The summed E-state index contributed by atoms with van der Waals surface area (Å²) in [6.45, 7) is 7.65. The Hall–Kier alpha value is -1.23. The van der Waals surface area contributed by atoms with Gasteiger partial charge in [0, 0.05) is 12.5 Å². The molecule has 102 valence electrons. The molecule has 1 aromatic rings. The zero-order valence-corrected chi connectivity index (χ0v) is 11.6. The average molecular weight is 252 g/mol. The quantitative estimate of drug-likeness (QED) is 0.759. The predicted octanol–water partition coefficient (Wildman–Crippen LogP) is 1.42. The Bertz CT molecular complexity index is 373. The van der Waals surface area contributed by atoms with E-state index < -0.39 is 0 Å². The molecule has 1 rings (SSSR count). The van der Waals surface area contributed by atoms with E-state index in [1.165, 1.54) is 6.33 Å². The van der Waals surface area contributed by atoms with Crippen molar-refractivity contribution in [1.82, 2.24) is 14.8 Å². The first-order chi connectivity index (χ1) is 8.54. The number of nitrogens with two attached hydrogens (primary N) is 1. The highest BCUT2D eigenvalue weighted by molar-refractivity contribution is 5.82. The monoisotopic (exact) mass is 252 g/mol. The van der Waals surface area contributed by atoms with Crippen LogP contribution in [0.2, 0.25) is 0 Å². The summed E-state index contributed by atoms with van der Waals surface area (Å²) >= 11 is 0. The van der Waals surface area contributed by atoms with E-state index >= 15 is 0 Å². The Labute approximate surface area is 109 Å². The minimum atomic E-state index is 0.0535. The number of rotatable bonds is 8. The first kappa shape index (κ1) is 14.8. The van der Waals surface area contributed by atoms with Crippen LogP contribution in [0.15, 0.2) is 6.33 Å². The second kappa shape index (κ2) is 7.26. The SMILES string of the molecule is CC(C)Cn1ncnc1CC(=O)C(C)CCCN. The molecular weight excluding hydrogens is 228 g/mol. The van der Waals surface area contributed by atoms with Crippen molar-refractivity contribution in [2.45, 2.75) is 46.6 Å². The molecule has 1 heterocycles. The van der Waals surface area contributed by atoms with Gasteiger partial charge in [-0.05, 0) is 25.3 Å². The molecule has 0 saturated carbocycles. The van der Waals surface area contributed by atoms with Crippen molar-refractivity contribution in [2.75, 3.05) is 6.54 Å². The maximum Gasteiger partial charge on any atom is 0.143 e. The lowest BCUT2D eigenvalue weighted by molar-refractivity contribution is -0.122. The number of ketones is 1. The third-order valence-electron chi connectivity index (χ3n) is 2.96. The number of carbonyl (C=O) groups is 1.